The Morgan fingerprint density at radius 2 is 0.839 bits per heavy atom. The van der Waals surface area contributed by atoms with Gasteiger partial charge in [-0.2, -0.15) is 0 Å². The van der Waals surface area contributed by atoms with E-state index in [-0.39, 0.29) is 0 Å². The van der Waals surface area contributed by atoms with Crippen LogP contribution in [0.2, 0.25) is 0 Å². The molecule has 2 heterocycles. The van der Waals surface area contributed by atoms with Crippen molar-refractivity contribution in [3.05, 3.63) is 179 Å². The molecule has 0 amide bonds. The van der Waals surface area contributed by atoms with Gasteiger partial charge in [0.25, 0.3) is 0 Å². The minimum absolute atomic E-state index is 0.535. The van der Waals surface area contributed by atoms with Gasteiger partial charge >= 0.3 is 0 Å². The maximum atomic E-state index is 6.85. The zero-order valence-electron chi connectivity index (χ0n) is 34.5. The first-order valence-electron chi connectivity index (χ1n) is 22.7. The van der Waals surface area contributed by atoms with Crippen LogP contribution in [0, 0.1) is 0 Å². The molecule has 2 fully saturated rings. The number of anilines is 6. The van der Waals surface area contributed by atoms with E-state index in [1.165, 1.54) is 102 Å². The van der Waals surface area contributed by atoms with Crippen LogP contribution in [0.1, 0.15) is 84.1 Å². The maximum Gasteiger partial charge on any atom is 0.159 e. The number of hydrogen-bond acceptors (Lipinski definition) is 4. The van der Waals surface area contributed by atoms with E-state index in [1.807, 2.05) is 0 Å². The van der Waals surface area contributed by atoms with E-state index in [0.717, 1.165) is 71.1 Å². The number of hydrogen-bond donors (Lipinski definition) is 0. The summed E-state index contributed by atoms with van der Waals surface area (Å²) >= 11 is 0. The second-order valence-electron chi connectivity index (χ2n) is 18.0. The highest BCUT2D eigenvalue weighted by molar-refractivity contribution is 6.30. The third-order valence-corrected chi connectivity index (χ3v) is 14.3. The molecule has 14 rings (SSSR count). The third kappa shape index (κ3) is 5.13. The second kappa shape index (κ2) is 13.2. The van der Waals surface area contributed by atoms with Gasteiger partial charge < -0.3 is 18.6 Å². The summed E-state index contributed by atoms with van der Waals surface area (Å²) in [6.07, 6.45) is 17.8. The normalized spacial score (nSPS) is 15.9. The largest absolute Gasteiger partial charge is 0.454 e. The van der Waals surface area contributed by atoms with Gasteiger partial charge in [0.15, 0.2) is 11.2 Å². The molecular formula is C58H44N2O2. The lowest BCUT2D eigenvalue weighted by Crippen LogP contribution is -2.13. The first-order chi connectivity index (χ1) is 30.8. The van der Waals surface area contributed by atoms with E-state index in [1.54, 1.807) is 0 Å². The van der Waals surface area contributed by atoms with Gasteiger partial charge in [0.1, 0.15) is 11.5 Å². The van der Waals surface area contributed by atoms with Crippen LogP contribution in [-0.2, 0) is 12.8 Å². The van der Waals surface area contributed by atoms with Crippen LogP contribution >= 0.6 is 0 Å². The maximum absolute atomic E-state index is 6.85. The smallest absolute Gasteiger partial charge is 0.159 e. The Balaban J connectivity index is 1.09. The van der Waals surface area contributed by atoms with E-state index < -0.39 is 0 Å². The highest BCUT2D eigenvalue weighted by Gasteiger charge is 2.34. The first-order valence-corrected chi connectivity index (χ1v) is 22.7. The predicted molar refractivity (Wildman–Crippen MR) is 258 cm³/mol. The van der Waals surface area contributed by atoms with Gasteiger partial charge in [-0.25, -0.2) is 0 Å². The van der Waals surface area contributed by atoms with Crippen molar-refractivity contribution in [2.24, 2.45) is 0 Å². The third-order valence-electron chi connectivity index (χ3n) is 14.3. The summed E-state index contributed by atoms with van der Waals surface area (Å²) in [6, 6.07) is 50.2. The molecule has 62 heavy (non-hydrogen) atoms. The van der Waals surface area contributed by atoms with Gasteiger partial charge in [0, 0.05) is 44.0 Å². The molecule has 0 radical (unpaired) electrons. The number of fused-ring (bicyclic) bond motifs is 6. The Labute approximate surface area is 360 Å². The zero-order valence-corrected chi connectivity index (χ0v) is 34.5. The number of benzene rings is 8. The summed E-state index contributed by atoms with van der Waals surface area (Å²) in [5.41, 5.74) is 14.3. The summed E-state index contributed by atoms with van der Waals surface area (Å²) in [4.78, 5) is 4.98. The number of furan rings is 2. The summed E-state index contributed by atoms with van der Waals surface area (Å²) in [5.74, 6) is 3.05. The molecule has 4 nitrogen and oxygen atoms in total. The van der Waals surface area contributed by atoms with Crippen molar-refractivity contribution in [2.75, 3.05) is 9.80 Å². The number of rotatable bonds is 8. The number of aryl methyl sites for hydroxylation is 2. The van der Waals surface area contributed by atoms with E-state index in [9.17, 15) is 0 Å². The van der Waals surface area contributed by atoms with Gasteiger partial charge in [0.2, 0.25) is 0 Å². The fraction of sp³-hybridized carbons (Fsp3) is 0.172. The van der Waals surface area contributed by atoms with E-state index in [2.05, 4.69) is 168 Å². The highest BCUT2D eigenvalue weighted by Crippen LogP contribution is 2.56. The fourth-order valence-electron chi connectivity index (χ4n) is 11.1. The Hall–Kier alpha value is -7.04. The molecular weight excluding hydrogens is 757 g/mol. The van der Waals surface area contributed by atoms with Crippen LogP contribution in [-0.4, -0.2) is 0 Å². The van der Waals surface area contributed by atoms with Crippen LogP contribution in [0.25, 0.3) is 66.4 Å². The zero-order chi connectivity index (χ0) is 40.5. The van der Waals surface area contributed by atoms with E-state index in [4.69, 9.17) is 8.83 Å². The minimum atomic E-state index is 0.535. The van der Waals surface area contributed by atoms with Gasteiger partial charge in [0.05, 0.1) is 22.7 Å². The number of allylic oxidation sites excluding steroid dienone is 2. The quantitative estimate of drug-likeness (QED) is 0.143. The number of para-hydroxylation sites is 4. The van der Waals surface area contributed by atoms with Crippen molar-refractivity contribution < 1.29 is 8.83 Å². The van der Waals surface area contributed by atoms with Gasteiger partial charge in [-0.1, -0.05) is 97.1 Å². The number of nitrogens with zero attached hydrogens (tertiary/aromatic N) is 2. The van der Waals surface area contributed by atoms with E-state index in [0.29, 0.717) is 11.8 Å². The lowest BCUT2D eigenvalue weighted by Gasteiger charge is -2.31. The van der Waals surface area contributed by atoms with Gasteiger partial charge in [-0.3, -0.25) is 0 Å². The molecule has 0 spiro atoms. The summed E-state index contributed by atoms with van der Waals surface area (Å²) in [5, 5.41) is 10.4. The van der Waals surface area contributed by atoms with Crippen LogP contribution in [0.15, 0.2) is 154 Å². The minimum Gasteiger partial charge on any atom is -0.454 e. The lowest BCUT2D eigenvalue weighted by molar-refractivity contribution is 0.595. The van der Waals surface area contributed by atoms with Crippen LogP contribution in [0.4, 0.5) is 34.1 Å². The van der Waals surface area contributed by atoms with Crippen LogP contribution < -0.4 is 9.80 Å². The standard InChI is InChI=1S/C58H44N2O2/c1-3-13-37(14-4-1)59(49-21-11-19-43-39-17-7-9-23-53(39)61-57(43)49)51-33-47(35-25-26-35)41-30-32-46-52(34-48(36-27-28-36)42-29-31-45(51)55(41)56(42)46)60(38-15-5-2-6-16-38)50-22-12-20-44-40-18-8-10-24-54(40)62-58(44)50/h1-6,9-16,19-24,29-36H,7-8,17-18,25-28H2. The molecule has 4 aliphatic rings. The second-order valence-corrected chi connectivity index (χ2v) is 18.0. The van der Waals surface area contributed by atoms with Gasteiger partial charge in [-0.05, 0) is 157 Å². The van der Waals surface area contributed by atoms with E-state index >= 15 is 0 Å². The highest BCUT2D eigenvalue weighted by atomic mass is 16.3. The van der Waals surface area contributed by atoms with Crippen molar-refractivity contribution in [3.8, 4) is 0 Å². The summed E-state index contributed by atoms with van der Waals surface area (Å²) in [6.45, 7) is 0. The molecule has 0 bridgehead atoms. The molecule has 0 saturated heterocycles. The van der Waals surface area contributed by atoms with Crippen molar-refractivity contribution in [1.82, 2.24) is 0 Å². The molecule has 0 N–H and O–H groups in total. The van der Waals surface area contributed by atoms with Gasteiger partial charge in [-0.15, -0.1) is 0 Å². The summed E-state index contributed by atoms with van der Waals surface area (Å²) in [7, 11) is 0. The topological polar surface area (TPSA) is 32.8 Å². The van der Waals surface area contributed by atoms with Crippen LogP contribution in [0.3, 0.4) is 0 Å². The lowest BCUT2D eigenvalue weighted by atomic mass is 9.86. The van der Waals surface area contributed by atoms with Crippen LogP contribution in [0.5, 0.6) is 0 Å². The predicted octanol–water partition coefficient (Wildman–Crippen LogP) is 16.7. The summed E-state index contributed by atoms with van der Waals surface area (Å²) < 4.78 is 13.7. The Bertz CT molecular complexity index is 3260. The Kier molecular flexibility index (Phi) is 7.39. The first kappa shape index (κ1) is 34.6. The average Bonchev–Trinajstić information content (AvgIpc) is 4.28. The van der Waals surface area contributed by atoms with Crippen molar-refractivity contribution in [1.29, 1.82) is 0 Å². The molecule has 298 valence electrons. The van der Waals surface area contributed by atoms with Crippen molar-refractivity contribution in [3.63, 3.8) is 0 Å². The van der Waals surface area contributed by atoms with Crippen molar-refractivity contribution in [2.45, 2.75) is 63.2 Å². The molecule has 0 atom stereocenters. The Morgan fingerprint density at radius 3 is 1.27 bits per heavy atom. The molecule has 4 heteroatoms. The molecule has 0 aliphatic heterocycles. The molecule has 2 aromatic heterocycles. The SMILES string of the molecule is C1=Cc2oc3c(N(c4ccccc4)c4cc(C5CC5)c5ccc6c(N(c7ccccc7)c7cccc8c9c(oc78)C=CCC9)cc(C7CC7)c7ccc4c5c76)cccc3c2CC1. The molecule has 8 aromatic carbocycles. The molecule has 10 aromatic rings. The molecule has 4 aliphatic carbocycles. The monoisotopic (exact) mass is 800 g/mol. The van der Waals surface area contributed by atoms with Crippen molar-refractivity contribution >= 4 is 101 Å². The molecule has 0 unspecified atom stereocenters. The molecule has 2 saturated carbocycles. The fourth-order valence-corrected chi connectivity index (χ4v) is 11.1. The Morgan fingerprint density at radius 1 is 0.403 bits per heavy atom. The average molecular weight is 801 g/mol.